The van der Waals surface area contributed by atoms with Gasteiger partial charge >= 0.3 is 0 Å². The van der Waals surface area contributed by atoms with Crippen LogP contribution < -0.4 is 14.2 Å². The summed E-state index contributed by atoms with van der Waals surface area (Å²) in [6.07, 6.45) is 3.78. The van der Waals surface area contributed by atoms with Gasteiger partial charge in [0, 0.05) is 12.1 Å². The molecule has 5 rings (SSSR count). The maximum absolute atomic E-state index is 13.4. The van der Waals surface area contributed by atoms with E-state index in [0.717, 1.165) is 36.1 Å². The van der Waals surface area contributed by atoms with Crippen molar-refractivity contribution >= 4 is 17.4 Å². The van der Waals surface area contributed by atoms with Gasteiger partial charge in [0.15, 0.2) is 11.5 Å². The molecule has 1 fully saturated rings. The molecule has 202 valence electrons. The molecule has 39 heavy (non-hydrogen) atoms. The number of Topliss-reactive ketones (excluding diaryl/α,β-unsaturated/α-hetero) is 1. The van der Waals surface area contributed by atoms with E-state index in [1.165, 1.54) is 0 Å². The molecule has 0 spiro atoms. The molecular weight excluding hydrogens is 494 g/mol. The Bertz CT molecular complexity index is 1350. The van der Waals surface area contributed by atoms with Gasteiger partial charge in [0.25, 0.3) is 11.7 Å². The summed E-state index contributed by atoms with van der Waals surface area (Å²) in [6.45, 7) is 3.95. The van der Waals surface area contributed by atoms with Crippen molar-refractivity contribution in [3.63, 3.8) is 0 Å². The van der Waals surface area contributed by atoms with Gasteiger partial charge in [-0.05, 0) is 54.3 Å². The van der Waals surface area contributed by atoms with Gasteiger partial charge in [-0.25, -0.2) is 0 Å². The Morgan fingerprint density at radius 1 is 0.949 bits per heavy atom. The van der Waals surface area contributed by atoms with E-state index in [2.05, 4.69) is 6.92 Å². The molecule has 1 N–H and O–H groups in total. The summed E-state index contributed by atoms with van der Waals surface area (Å²) in [5, 5.41) is 11.4. The highest BCUT2D eigenvalue weighted by Gasteiger charge is 2.46. The van der Waals surface area contributed by atoms with Gasteiger partial charge in [0.05, 0.1) is 18.2 Å². The van der Waals surface area contributed by atoms with Gasteiger partial charge in [0.2, 0.25) is 0 Å². The minimum atomic E-state index is -0.740. The smallest absolute Gasteiger partial charge is 0.295 e. The van der Waals surface area contributed by atoms with Crippen LogP contribution >= 0.6 is 0 Å². The highest BCUT2D eigenvalue weighted by molar-refractivity contribution is 6.46. The summed E-state index contributed by atoms with van der Waals surface area (Å²) in [5.41, 5.74) is 2.23. The lowest BCUT2D eigenvalue weighted by Gasteiger charge is -2.26. The van der Waals surface area contributed by atoms with Gasteiger partial charge in [-0.2, -0.15) is 0 Å². The number of likely N-dealkylation sites (tertiary alicyclic amines) is 1. The maximum atomic E-state index is 13.4. The van der Waals surface area contributed by atoms with Crippen molar-refractivity contribution in [2.24, 2.45) is 0 Å². The monoisotopic (exact) mass is 527 g/mol. The number of carbonyl (C=O) groups excluding carboxylic acids is 2. The van der Waals surface area contributed by atoms with Crippen LogP contribution in [0.4, 0.5) is 0 Å². The molecule has 2 heterocycles. The molecule has 1 saturated heterocycles. The number of rotatable bonds is 10. The Labute approximate surface area is 228 Å². The second-order valence-electron chi connectivity index (χ2n) is 9.71. The third kappa shape index (κ3) is 5.77. The van der Waals surface area contributed by atoms with Crippen molar-refractivity contribution < 1.29 is 28.9 Å². The van der Waals surface area contributed by atoms with Gasteiger partial charge in [-0.15, -0.1) is 0 Å². The molecule has 7 nitrogen and oxygen atoms in total. The number of amides is 1. The number of carbonyl (C=O) groups is 2. The van der Waals surface area contributed by atoms with Crippen LogP contribution in [0.5, 0.6) is 17.2 Å². The second-order valence-corrected chi connectivity index (χ2v) is 9.71. The van der Waals surface area contributed by atoms with Crippen molar-refractivity contribution in [1.82, 2.24) is 4.90 Å². The number of hydrogen-bond acceptors (Lipinski definition) is 6. The normalized spacial score (nSPS) is 17.9. The number of aliphatic hydroxyl groups excluding tert-OH is 1. The predicted molar refractivity (Wildman–Crippen MR) is 148 cm³/mol. The fourth-order valence-corrected chi connectivity index (χ4v) is 4.99. The highest BCUT2D eigenvalue weighted by Crippen LogP contribution is 2.41. The molecule has 7 heteroatoms. The summed E-state index contributed by atoms with van der Waals surface area (Å²) in [5.74, 6) is 0.215. The lowest BCUT2D eigenvalue weighted by atomic mass is 9.95. The molecule has 0 saturated carbocycles. The minimum absolute atomic E-state index is 0.0568. The van der Waals surface area contributed by atoms with Gasteiger partial charge < -0.3 is 24.2 Å². The Morgan fingerprint density at radius 2 is 1.69 bits per heavy atom. The number of unbranched alkanes of at least 4 members (excludes halogenated alkanes) is 2. The number of hydrogen-bond donors (Lipinski definition) is 1. The third-order valence-corrected chi connectivity index (χ3v) is 7.05. The van der Waals surface area contributed by atoms with E-state index in [9.17, 15) is 14.7 Å². The van der Waals surface area contributed by atoms with Crippen molar-refractivity contribution in [2.45, 2.75) is 38.6 Å². The van der Waals surface area contributed by atoms with Gasteiger partial charge in [-0.1, -0.05) is 62.2 Å². The van der Waals surface area contributed by atoms with Gasteiger partial charge in [-0.3, -0.25) is 9.59 Å². The average Bonchev–Trinajstić information content (AvgIpc) is 3.23. The Hall–Kier alpha value is -4.26. The zero-order valence-corrected chi connectivity index (χ0v) is 22.1. The SMILES string of the molecule is CCCCCOc1ccc([C@@H]2C(=C(O)c3ccc4c(c3)OCCO4)C(=O)C(=O)N2CCc2ccccc2)cc1. The molecule has 3 aromatic carbocycles. The molecule has 1 atom stereocenters. The standard InChI is InChI=1S/C32H33NO6/c1-2-3-7-18-37-25-13-10-23(11-14-25)29-28(30(34)24-12-15-26-27(21-24)39-20-19-38-26)31(35)32(36)33(29)17-16-22-8-5-4-6-9-22/h4-6,8-15,21,29,34H,2-3,7,16-20H2,1H3/t29-/m1/s1. The van der Waals surface area contributed by atoms with E-state index < -0.39 is 17.7 Å². The number of nitrogens with zero attached hydrogens (tertiary/aromatic N) is 1. The Balaban J connectivity index is 1.49. The van der Waals surface area contributed by atoms with Crippen LogP contribution in [0.3, 0.4) is 0 Å². The van der Waals surface area contributed by atoms with Crippen LogP contribution in [-0.2, 0) is 16.0 Å². The molecule has 3 aromatic rings. The molecule has 0 radical (unpaired) electrons. The first kappa shape index (κ1) is 26.4. The van der Waals surface area contributed by atoms with Crippen LogP contribution in [0.2, 0.25) is 0 Å². The molecule has 1 amide bonds. The Morgan fingerprint density at radius 3 is 2.44 bits per heavy atom. The van der Waals surface area contributed by atoms with Crippen molar-refractivity contribution in [2.75, 3.05) is 26.4 Å². The van der Waals surface area contributed by atoms with Crippen LogP contribution in [-0.4, -0.2) is 48.1 Å². The summed E-state index contributed by atoms with van der Waals surface area (Å²) >= 11 is 0. The molecule has 0 unspecified atom stereocenters. The lowest BCUT2D eigenvalue weighted by molar-refractivity contribution is -0.139. The number of benzene rings is 3. The summed E-state index contributed by atoms with van der Waals surface area (Å²) < 4.78 is 17.1. The zero-order valence-electron chi connectivity index (χ0n) is 22.1. The first-order chi connectivity index (χ1) is 19.1. The van der Waals surface area contributed by atoms with Crippen LogP contribution in [0, 0.1) is 0 Å². The fraction of sp³-hybridized carbons (Fsp3) is 0.312. The first-order valence-corrected chi connectivity index (χ1v) is 13.5. The number of ether oxygens (including phenoxy) is 3. The van der Waals surface area contributed by atoms with E-state index in [1.54, 1.807) is 23.1 Å². The minimum Gasteiger partial charge on any atom is -0.507 e. The molecule has 2 aliphatic rings. The summed E-state index contributed by atoms with van der Waals surface area (Å²) in [7, 11) is 0. The van der Waals surface area contributed by atoms with Crippen molar-refractivity contribution in [3.05, 3.63) is 95.1 Å². The van der Waals surface area contributed by atoms with E-state index >= 15 is 0 Å². The highest BCUT2D eigenvalue weighted by atomic mass is 16.6. The number of fused-ring (bicyclic) bond motifs is 1. The number of aliphatic hydroxyl groups is 1. The molecular formula is C32H33NO6. The third-order valence-electron chi connectivity index (χ3n) is 7.05. The number of ketones is 1. The molecule has 0 aliphatic carbocycles. The van der Waals surface area contributed by atoms with Crippen molar-refractivity contribution in [3.8, 4) is 17.2 Å². The maximum Gasteiger partial charge on any atom is 0.295 e. The molecule has 0 bridgehead atoms. The predicted octanol–water partition coefficient (Wildman–Crippen LogP) is 5.69. The van der Waals surface area contributed by atoms with Gasteiger partial charge in [0.1, 0.15) is 24.7 Å². The topological polar surface area (TPSA) is 85.3 Å². The van der Waals surface area contributed by atoms with E-state index in [4.69, 9.17) is 14.2 Å². The fourth-order valence-electron chi connectivity index (χ4n) is 4.99. The second kappa shape index (κ2) is 12.1. The van der Waals surface area contributed by atoms with Crippen LogP contribution in [0.15, 0.2) is 78.4 Å². The average molecular weight is 528 g/mol. The Kier molecular flexibility index (Phi) is 8.16. The van der Waals surface area contributed by atoms with Crippen LogP contribution in [0.25, 0.3) is 5.76 Å². The van der Waals surface area contributed by atoms with Crippen molar-refractivity contribution in [1.29, 1.82) is 0 Å². The zero-order chi connectivity index (χ0) is 27.2. The van der Waals surface area contributed by atoms with E-state index in [1.807, 2.05) is 54.6 Å². The van der Waals surface area contributed by atoms with Crippen LogP contribution in [0.1, 0.15) is 48.9 Å². The quantitative estimate of drug-likeness (QED) is 0.158. The van der Waals surface area contributed by atoms with E-state index in [0.29, 0.717) is 49.8 Å². The molecule has 2 aliphatic heterocycles. The van der Waals surface area contributed by atoms with E-state index in [-0.39, 0.29) is 11.3 Å². The molecule has 0 aromatic heterocycles. The first-order valence-electron chi connectivity index (χ1n) is 13.5. The largest absolute Gasteiger partial charge is 0.507 e. The lowest BCUT2D eigenvalue weighted by Crippen LogP contribution is -2.31. The summed E-state index contributed by atoms with van der Waals surface area (Å²) in [6, 6.07) is 21.5. The summed E-state index contributed by atoms with van der Waals surface area (Å²) in [4.78, 5) is 28.3.